The molecule has 2 atom stereocenters. The third-order valence-corrected chi connectivity index (χ3v) is 17.5. The summed E-state index contributed by atoms with van der Waals surface area (Å²) in [7, 11) is 1.47. The summed E-state index contributed by atoms with van der Waals surface area (Å²) < 4.78 is 34.8. The molecule has 0 amide bonds. The molecule has 0 aliphatic rings. The largest absolute Gasteiger partial charge is 0.472 e. The number of rotatable bonds is 70. The molecule has 0 aromatic heterocycles. The second kappa shape index (κ2) is 71.7. The molecule has 530 valence electrons. The van der Waals surface area contributed by atoms with E-state index in [4.69, 9.17) is 18.5 Å². The molecule has 0 saturated heterocycles. The van der Waals surface area contributed by atoms with Gasteiger partial charge >= 0.3 is 19.8 Å². The molecular formula is C82H145NO8P+. The second-order valence-electron chi connectivity index (χ2n) is 26.7. The first-order chi connectivity index (χ1) is 45.0. The first-order valence-corrected chi connectivity index (χ1v) is 39.8. The van der Waals surface area contributed by atoms with Crippen LogP contribution in [0.5, 0.6) is 0 Å². The first kappa shape index (κ1) is 88.4. The third kappa shape index (κ3) is 75.4. The number of nitrogens with zero attached hydrogens (tertiary/aromatic N) is 1. The van der Waals surface area contributed by atoms with E-state index < -0.39 is 26.5 Å². The van der Waals surface area contributed by atoms with Gasteiger partial charge in [-0.25, -0.2) is 4.57 Å². The number of carbonyl (C=O) groups is 2. The molecule has 0 aromatic carbocycles. The van der Waals surface area contributed by atoms with Gasteiger partial charge < -0.3 is 18.9 Å². The lowest BCUT2D eigenvalue weighted by Gasteiger charge is -2.24. The zero-order chi connectivity index (χ0) is 66.9. The maximum Gasteiger partial charge on any atom is 0.472 e. The van der Waals surface area contributed by atoms with E-state index in [1.165, 1.54) is 199 Å². The molecule has 0 aliphatic heterocycles. The Morgan fingerprint density at radius 3 is 0.924 bits per heavy atom. The normalized spacial score (nSPS) is 13.8. The van der Waals surface area contributed by atoms with Crippen molar-refractivity contribution >= 4 is 19.8 Å². The molecule has 92 heavy (non-hydrogen) atoms. The smallest absolute Gasteiger partial charge is 0.462 e. The summed E-state index contributed by atoms with van der Waals surface area (Å²) >= 11 is 0. The monoisotopic (exact) mass is 1300 g/mol. The summed E-state index contributed by atoms with van der Waals surface area (Å²) in [6.07, 6.45) is 103. The molecule has 0 rings (SSSR count). The molecule has 0 saturated carbocycles. The average molecular weight is 1300 g/mol. The minimum Gasteiger partial charge on any atom is -0.462 e. The van der Waals surface area contributed by atoms with Crippen LogP contribution in [-0.4, -0.2) is 74.9 Å². The number of unbranched alkanes of at least 4 members (excludes halogenated alkanes) is 36. The molecule has 0 heterocycles. The predicted octanol–water partition coefficient (Wildman–Crippen LogP) is 25.4. The molecule has 2 unspecified atom stereocenters. The zero-order valence-corrected chi connectivity index (χ0v) is 61.4. The Labute approximate surface area is 568 Å². The molecular weight excluding hydrogens is 1160 g/mol. The summed E-state index contributed by atoms with van der Waals surface area (Å²) in [5.41, 5.74) is 0. The Balaban J connectivity index is 4.03. The van der Waals surface area contributed by atoms with Gasteiger partial charge in [0.2, 0.25) is 0 Å². The minimum atomic E-state index is -4.40. The lowest BCUT2D eigenvalue weighted by Crippen LogP contribution is -2.37. The molecule has 0 spiro atoms. The molecule has 9 nitrogen and oxygen atoms in total. The van der Waals surface area contributed by atoms with Crippen LogP contribution in [0.4, 0.5) is 0 Å². The average Bonchev–Trinajstić information content (AvgIpc) is 2.14. The summed E-state index contributed by atoms with van der Waals surface area (Å²) in [5, 5.41) is 0. The van der Waals surface area contributed by atoms with Crippen LogP contribution in [0.25, 0.3) is 0 Å². The van der Waals surface area contributed by atoms with Crippen LogP contribution in [0.1, 0.15) is 335 Å². The number of hydrogen-bond acceptors (Lipinski definition) is 7. The molecule has 0 aliphatic carbocycles. The van der Waals surface area contributed by atoms with Crippen molar-refractivity contribution < 1.29 is 42.1 Å². The predicted molar refractivity (Wildman–Crippen MR) is 399 cm³/mol. The van der Waals surface area contributed by atoms with Gasteiger partial charge in [-0.05, 0) is 109 Å². The number of ether oxygens (including phenoxy) is 2. The Hall–Kier alpha value is -3.59. The summed E-state index contributed by atoms with van der Waals surface area (Å²) in [6.45, 7) is 4.33. The highest BCUT2D eigenvalue weighted by Crippen LogP contribution is 2.43. The lowest BCUT2D eigenvalue weighted by atomic mass is 10.0. The Kier molecular flexibility index (Phi) is 68.9. The third-order valence-electron chi connectivity index (χ3n) is 16.5. The van der Waals surface area contributed by atoms with Crippen LogP contribution in [0.15, 0.2) is 122 Å². The Morgan fingerprint density at radius 1 is 0.348 bits per heavy atom. The van der Waals surface area contributed by atoms with E-state index in [0.717, 1.165) is 103 Å². The van der Waals surface area contributed by atoms with Gasteiger partial charge in [-0.3, -0.25) is 18.6 Å². The number of quaternary nitrogens is 1. The van der Waals surface area contributed by atoms with Crippen LogP contribution in [-0.2, 0) is 32.7 Å². The van der Waals surface area contributed by atoms with Gasteiger partial charge in [-0.2, -0.15) is 0 Å². The van der Waals surface area contributed by atoms with E-state index in [2.05, 4.69) is 135 Å². The van der Waals surface area contributed by atoms with E-state index in [1.807, 2.05) is 21.1 Å². The van der Waals surface area contributed by atoms with Crippen LogP contribution in [0.3, 0.4) is 0 Å². The zero-order valence-electron chi connectivity index (χ0n) is 60.5. The van der Waals surface area contributed by atoms with Gasteiger partial charge in [0.05, 0.1) is 27.7 Å². The van der Waals surface area contributed by atoms with Crippen molar-refractivity contribution in [2.24, 2.45) is 0 Å². The van der Waals surface area contributed by atoms with E-state index in [-0.39, 0.29) is 32.0 Å². The number of esters is 2. The van der Waals surface area contributed by atoms with Crippen LogP contribution >= 0.6 is 7.82 Å². The van der Waals surface area contributed by atoms with Gasteiger partial charge in [0, 0.05) is 12.8 Å². The molecule has 10 heteroatoms. The highest BCUT2D eigenvalue weighted by Gasteiger charge is 2.27. The standard InChI is InChI=1S/C82H144NO8P/c1-6-8-10-12-14-16-18-20-22-24-26-28-30-32-34-36-38-40-41-43-45-47-49-51-53-55-57-59-61-63-65-67-69-71-73-75-82(85)91-80(79-90-92(86,87)89-77-76-83(3,4)5)78-88-81(84)74-72-70-68-66-64-62-60-58-56-54-52-50-48-46-44-42-39-37-35-33-31-29-27-25-23-21-19-17-15-13-11-9-7-2/h8,10,14,16,19-22,25-28,32,34,38,40,43,45,49,51,80H,6-7,9,11-13,15,17-18,23-24,29-31,33,35-37,39,41-42,44,46-48,50,52-79H2,1-5H3/p+1/b10-8-,16-14-,21-19-,22-20-,27-25-,28-26-,34-32-,40-38-,45-43-,51-49-. The van der Waals surface area contributed by atoms with E-state index >= 15 is 0 Å². The SMILES string of the molecule is CC/C=C\C/C=C\C/C=C\C/C=C\C/C=C\C/C=C\C/C=C\C/C=C\CCCCCCCCCCCCC(=O)OC(COC(=O)CCCCCCCCCCCCCCCCCCCCCCC/C=C\C/C=C\CCCCCCC)COP(=O)(O)OCC[N+](C)(C)C. The van der Waals surface area contributed by atoms with Gasteiger partial charge in [0.1, 0.15) is 19.8 Å². The highest BCUT2D eigenvalue weighted by atomic mass is 31.2. The van der Waals surface area contributed by atoms with Crippen LogP contribution < -0.4 is 0 Å². The lowest BCUT2D eigenvalue weighted by molar-refractivity contribution is -0.870. The summed E-state index contributed by atoms with van der Waals surface area (Å²) in [6, 6.07) is 0. The number of phosphoric ester groups is 1. The maximum absolute atomic E-state index is 12.9. The van der Waals surface area contributed by atoms with Crippen molar-refractivity contribution in [3.63, 3.8) is 0 Å². The number of likely N-dealkylation sites (N-methyl/N-ethyl adjacent to an activating group) is 1. The van der Waals surface area contributed by atoms with Crippen molar-refractivity contribution in [1.82, 2.24) is 0 Å². The van der Waals surface area contributed by atoms with E-state index in [9.17, 15) is 19.0 Å². The molecule has 0 fully saturated rings. The quantitative estimate of drug-likeness (QED) is 0.0211. The Morgan fingerprint density at radius 2 is 0.620 bits per heavy atom. The number of hydrogen-bond donors (Lipinski definition) is 1. The van der Waals surface area contributed by atoms with Crippen molar-refractivity contribution in [3.05, 3.63) is 122 Å². The fraction of sp³-hybridized carbons (Fsp3) is 0.732. The van der Waals surface area contributed by atoms with Gasteiger partial charge in [-0.1, -0.05) is 334 Å². The van der Waals surface area contributed by atoms with Gasteiger partial charge in [-0.15, -0.1) is 0 Å². The first-order valence-electron chi connectivity index (χ1n) is 38.3. The van der Waals surface area contributed by atoms with Crippen LogP contribution in [0.2, 0.25) is 0 Å². The number of allylic oxidation sites excluding steroid dienone is 20. The maximum atomic E-state index is 12.9. The van der Waals surface area contributed by atoms with Crippen LogP contribution in [0, 0.1) is 0 Å². The second-order valence-corrected chi connectivity index (χ2v) is 28.1. The van der Waals surface area contributed by atoms with Crippen molar-refractivity contribution in [2.45, 2.75) is 341 Å². The van der Waals surface area contributed by atoms with Crippen molar-refractivity contribution in [1.29, 1.82) is 0 Å². The van der Waals surface area contributed by atoms with Crippen molar-refractivity contribution in [3.8, 4) is 0 Å². The summed E-state index contributed by atoms with van der Waals surface area (Å²) in [5.74, 6) is -0.795. The molecule has 0 bridgehead atoms. The Bertz CT molecular complexity index is 1970. The fourth-order valence-corrected chi connectivity index (χ4v) is 11.4. The molecule has 0 aromatic rings. The molecule has 0 radical (unpaired) electrons. The van der Waals surface area contributed by atoms with Gasteiger partial charge in [0.15, 0.2) is 6.10 Å². The van der Waals surface area contributed by atoms with Crippen molar-refractivity contribution in [2.75, 3.05) is 47.5 Å². The van der Waals surface area contributed by atoms with E-state index in [1.54, 1.807) is 0 Å². The summed E-state index contributed by atoms with van der Waals surface area (Å²) in [4.78, 5) is 36.0. The fourth-order valence-electron chi connectivity index (χ4n) is 10.7. The topological polar surface area (TPSA) is 108 Å². The van der Waals surface area contributed by atoms with Gasteiger partial charge in [0.25, 0.3) is 0 Å². The number of phosphoric acid groups is 1. The highest BCUT2D eigenvalue weighted by molar-refractivity contribution is 7.47. The van der Waals surface area contributed by atoms with E-state index in [0.29, 0.717) is 17.4 Å². The molecule has 1 N–H and O–H groups in total. The minimum absolute atomic E-state index is 0.0272. The number of carbonyl (C=O) groups excluding carboxylic acids is 2.